The molecular formula is C21H39N. The van der Waals surface area contributed by atoms with Gasteiger partial charge in [0.05, 0.1) is 6.54 Å². The molecule has 2 rings (SSSR count). The number of hydrogen-bond donors (Lipinski definition) is 0. The van der Waals surface area contributed by atoms with Crippen LogP contribution in [0.25, 0.3) is 0 Å². The summed E-state index contributed by atoms with van der Waals surface area (Å²) in [5.41, 5.74) is 5.59. The molecule has 0 spiro atoms. The normalized spacial score (nSPS) is 23.6. The van der Waals surface area contributed by atoms with Crippen molar-refractivity contribution in [3.05, 3.63) is 11.1 Å². The Hall–Kier alpha value is -0.590. The maximum absolute atomic E-state index is 4.79. The highest BCUT2D eigenvalue weighted by Crippen LogP contribution is 2.39. The number of rotatable bonds is 0. The van der Waals surface area contributed by atoms with Crippen LogP contribution in [0.5, 0.6) is 0 Å². The topological polar surface area (TPSA) is 12.4 Å². The van der Waals surface area contributed by atoms with E-state index in [0.29, 0.717) is 16.7 Å². The first-order valence-corrected chi connectivity index (χ1v) is 9.23. The van der Waals surface area contributed by atoms with Gasteiger partial charge in [0.25, 0.3) is 0 Å². The maximum Gasteiger partial charge on any atom is 0.0607 e. The third kappa shape index (κ3) is 6.67. The van der Waals surface area contributed by atoms with E-state index < -0.39 is 0 Å². The lowest BCUT2D eigenvalue weighted by atomic mass is 9.73. The summed E-state index contributed by atoms with van der Waals surface area (Å²) in [7, 11) is 0. The van der Waals surface area contributed by atoms with Gasteiger partial charge in [-0.05, 0) is 42.6 Å². The Labute approximate surface area is 139 Å². The predicted octanol–water partition coefficient (Wildman–Crippen LogP) is 6.83. The van der Waals surface area contributed by atoms with Gasteiger partial charge in [0.2, 0.25) is 0 Å². The lowest BCUT2D eigenvalue weighted by Gasteiger charge is -2.35. The van der Waals surface area contributed by atoms with Gasteiger partial charge in [0, 0.05) is 11.6 Å². The van der Waals surface area contributed by atoms with Gasteiger partial charge in [0.1, 0.15) is 0 Å². The quantitative estimate of drug-likeness (QED) is 0.435. The summed E-state index contributed by atoms with van der Waals surface area (Å²) in [6.07, 6.45) is 8.28. The van der Waals surface area contributed by atoms with E-state index in [-0.39, 0.29) is 0 Å². The minimum absolute atomic E-state index is 0.303. The van der Waals surface area contributed by atoms with Gasteiger partial charge < -0.3 is 0 Å². The fourth-order valence-electron chi connectivity index (χ4n) is 3.32. The molecule has 0 aromatic heterocycles. The van der Waals surface area contributed by atoms with Crippen LogP contribution in [0.3, 0.4) is 0 Å². The van der Waals surface area contributed by atoms with Crippen molar-refractivity contribution in [1.82, 2.24) is 0 Å². The van der Waals surface area contributed by atoms with E-state index in [4.69, 9.17) is 4.99 Å². The first-order chi connectivity index (χ1) is 10.00. The van der Waals surface area contributed by atoms with Gasteiger partial charge in [-0.3, -0.25) is 4.99 Å². The van der Waals surface area contributed by atoms with E-state index in [1.807, 2.05) is 0 Å². The molecule has 0 aromatic carbocycles. The van der Waals surface area contributed by atoms with Crippen LogP contribution in [0.1, 0.15) is 93.9 Å². The van der Waals surface area contributed by atoms with Gasteiger partial charge >= 0.3 is 0 Å². The molecule has 0 bridgehead atoms. The van der Waals surface area contributed by atoms with Crippen LogP contribution in [-0.2, 0) is 0 Å². The Bertz CT molecular complexity index is 406. The SMILES string of the molecule is CC(C)(C)C.CC1=NCC(C(C)(C)C)=C2CCCCCCC12. The first kappa shape index (κ1) is 19.5. The van der Waals surface area contributed by atoms with Crippen LogP contribution < -0.4 is 0 Å². The highest BCUT2D eigenvalue weighted by molar-refractivity contribution is 5.88. The fraction of sp³-hybridized carbons (Fsp3) is 0.857. The molecule has 1 aliphatic carbocycles. The van der Waals surface area contributed by atoms with Crippen molar-refractivity contribution in [2.75, 3.05) is 6.54 Å². The molecule has 0 amide bonds. The van der Waals surface area contributed by atoms with E-state index in [1.54, 1.807) is 11.1 Å². The van der Waals surface area contributed by atoms with Crippen LogP contribution in [0.15, 0.2) is 16.1 Å². The smallest absolute Gasteiger partial charge is 0.0607 e. The molecule has 1 heterocycles. The van der Waals surface area contributed by atoms with E-state index in [9.17, 15) is 0 Å². The lowest BCUT2D eigenvalue weighted by molar-refractivity contribution is 0.451. The van der Waals surface area contributed by atoms with Crippen molar-refractivity contribution >= 4 is 5.71 Å². The second-order valence-electron chi connectivity index (χ2n) is 9.72. The summed E-state index contributed by atoms with van der Waals surface area (Å²) in [6, 6.07) is 0. The Morgan fingerprint density at radius 3 is 1.95 bits per heavy atom. The second-order valence-corrected chi connectivity index (χ2v) is 9.72. The van der Waals surface area contributed by atoms with Crippen molar-refractivity contribution in [2.24, 2.45) is 21.7 Å². The number of allylic oxidation sites excluding steroid dienone is 1. The molecule has 0 radical (unpaired) electrons. The Morgan fingerprint density at radius 1 is 0.864 bits per heavy atom. The van der Waals surface area contributed by atoms with Crippen molar-refractivity contribution < 1.29 is 0 Å². The average molecular weight is 306 g/mol. The molecule has 0 saturated heterocycles. The molecule has 128 valence electrons. The summed E-state index contributed by atoms with van der Waals surface area (Å²) < 4.78 is 0. The van der Waals surface area contributed by atoms with E-state index in [0.717, 1.165) is 6.54 Å². The summed E-state index contributed by atoms with van der Waals surface area (Å²) >= 11 is 0. The van der Waals surface area contributed by atoms with Crippen LogP contribution >= 0.6 is 0 Å². The lowest BCUT2D eigenvalue weighted by Crippen LogP contribution is -2.27. The molecule has 1 saturated carbocycles. The summed E-state index contributed by atoms with van der Waals surface area (Å²) in [5.74, 6) is 0.679. The highest BCUT2D eigenvalue weighted by atomic mass is 14.8. The monoisotopic (exact) mass is 305 g/mol. The van der Waals surface area contributed by atoms with E-state index >= 15 is 0 Å². The summed E-state index contributed by atoms with van der Waals surface area (Å²) in [4.78, 5) is 4.79. The third-order valence-electron chi connectivity index (χ3n) is 4.39. The number of hydrogen-bond acceptors (Lipinski definition) is 1. The molecule has 1 nitrogen and oxygen atoms in total. The van der Waals surface area contributed by atoms with Gasteiger partial charge in [-0.15, -0.1) is 0 Å². The molecule has 0 N–H and O–H groups in total. The Morgan fingerprint density at radius 2 is 1.41 bits per heavy atom. The maximum atomic E-state index is 4.79. The van der Waals surface area contributed by atoms with Crippen molar-refractivity contribution in [2.45, 2.75) is 93.9 Å². The largest absolute Gasteiger partial charge is 0.289 e. The van der Waals surface area contributed by atoms with Gasteiger partial charge in [-0.25, -0.2) is 0 Å². The average Bonchev–Trinajstić information content (AvgIpc) is 2.26. The van der Waals surface area contributed by atoms with Crippen LogP contribution in [0, 0.1) is 16.7 Å². The molecule has 0 aromatic rings. The number of aliphatic imine (C=N–C) groups is 1. The number of nitrogens with zero attached hydrogens (tertiary/aromatic N) is 1. The van der Waals surface area contributed by atoms with E-state index in [1.165, 1.54) is 44.2 Å². The molecule has 1 unspecified atom stereocenters. The van der Waals surface area contributed by atoms with Gasteiger partial charge in [-0.1, -0.05) is 73.3 Å². The predicted molar refractivity (Wildman–Crippen MR) is 101 cm³/mol. The van der Waals surface area contributed by atoms with Crippen LogP contribution in [0.2, 0.25) is 0 Å². The molecule has 22 heavy (non-hydrogen) atoms. The van der Waals surface area contributed by atoms with Crippen LogP contribution in [0.4, 0.5) is 0 Å². The number of dihydropyridines is 1. The minimum Gasteiger partial charge on any atom is -0.289 e. The molecule has 1 heteroatoms. The summed E-state index contributed by atoms with van der Waals surface area (Å²) in [6.45, 7) is 19.0. The standard InChI is InChI=1S/C16H27N.C5H12/c1-12-13-9-7-5-6-8-10-14(13)15(11-17-12)16(2,3)4;1-5(2,3)4/h13H,5-11H2,1-4H3;1-4H3. The zero-order chi connectivity index (χ0) is 17.0. The molecule has 1 atom stereocenters. The zero-order valence-corrected chi connectivity index (χ0v) is 16.5. The van der Waals surface area contributed by atoms with Gasteiger partial charge in [-0.2, -0.15) is 0 Å². The number of fused-ring (bicyclic) bond motifs is 1. The molecular weight excluding hydrogens is 266 g/mol. The van der Waals surface area contributed by atoms with Crippen LogP contribution in [-0.4, -0.2) is 12.3 Å². The van der Waals surface area contributed by atoms with Crippen molar-refractivity contribution in [3.8, 4) is 0 Å². The molecule has 1 aliphatic heterocycles. The Kier molecular flexibility index (Phi) is 6.89. The molecule has 2 aliphatic rings. The van der Waals surface area contributed by atoms with Crippen molar-refractivity contribution in [1.29, 1.82) is 0 Å². The molecule has 1 fully saturated rings. The minimum atomic E-state index is 0.303. The second kappa shape index (κ2) is 7.79. The van der Waals surface area contributed by atoms with E-state index in [2.05, 4.69) is 55.4 Å². The highest BCUT2D eigenvalue weighted by Gasteiger charge is 2.30. The van der Waals surface area contributed by atoms with Gasteiger partial charge in [0.15, 0.2) is 0 Å². The first-order valence-electron chi connectivity index (χ1n) is 9.23. The summed E-state index contributed by atoms with van der Waals surface area (Å²) in [5, 5.41) is 0. The van der Waals surface area contributed by atoms with Crippen molar-refractivity contribution in [3.63, 3.8) is 0 Å². The fourth-order valence-corrected chi connectivity index (χ4v) is 3.32. The Balaban J connectivity index is 0.000000422. The zero-order valence-electron chi connectivity index (χ0n) is 16.5. The third-order valence-corrected chi connectivity index (χ3v) is 4.39.